The molecule has 8 nitrogen and oxygen atoms in total. The average Bonchev–Trinajstić information content (AvgIpc) is 2.97. The molecule has 1 aliphatic rings. The number of rotatable bonds is 4. The van der Waals surface area contributed by atoms with Crippen molar-refractivity contribution in [1.29, 1.82) is 0 Å². The first-order valence-electron chi connectivity index (χ1n) is 7.06. The molecule has 2 aromatic heterocycles. The van der Waals surface area contributed by atoms with Crippen LogP contribution in [0.5, 0.6) is 0 Å². The van der Waals surface area contributed by atoms with Gasteiger partial charge in [-0.3, -0.25) is 4.79 Å². The number of aromatic nitrogens is 3. The highest BCUT2D eigenvalue weighted by molar-refractivity contribution is 6.01. The predicted octanol–water partition coefficient (Wildman–Crippen LogP) is 0.339. The van der Waals surface area contributed by atoms with Gasteiger partial charge in [0, 0.05) is 24.9 Å². The zero-order valence-corrected chi connectivity index (χ0v) is 11.8. The molecule has 2 unspecified atom stereocenters. The zero-order valence-electron chi connectivity index (χ0n) is 11.8. The molecule has 1 fully saturated rings. The molecule has 3 rings (SSSR count). The molecule has 1 aliphatic heterocycles. The van der Waals surface area contributed by atoms with E-state index in [0.29, 0.717) is 25.3 Å². The van der Waals surface area contributed by atoms with E-state index in [1.807, 2.05) is 0 Å². The van der Waals surface area contributed by atoms with Gasteiger partial charge in [0.05, 0.1) is 12.8 Å². The number of amides is 1. The second kappa shape index (κ2) is 6.10. The van der Waals surface area contributed by atoms with Gasteiger partial charge in [0.15, 0.2) is 5.65 Å². The molecule has 1 saturated heterocycles. The number of fused-ring (bicyclic) bond motifs is 1. The zero-order chi connectivity index (χ0) is 15.5. The Kier molecular flexibility index (Phi) is 4.01. The summed E-state index contributed by atoms with van der Waals surface area (Å²) in [5.74, 6) is -1.79. The van der Waals surface area contributed by atoms with Crippen LogP contribution in [0, 0.1) is 5.92 Å². The number of carbonyl (C=O) groups excluding carboxylic acids is 1. The summed E-state index contributed by atoms with van der Waals surface area (Å²) < 4.78 is 6.78. The third-order valence-electron chi connectivity index (χ3n) is 3.74. The van der Waals surface area contributed by atoms with E-state index in [4.69, 9.17) is 4.74 Å². The topological polar surface area (TPSA) is 106 Å². The van der Waals surface area contributed by atoms with Crippen LogP contribution in [0.1, 0.15) is 23.2 Å². The Morgan fingerprint density at radius 2 is 2.36 bits per heavy atom. The molecule has 0 spiro atoms. The van der Waals surface area contributed by atoms with Crippen molar-refractivity contribution in [3.05, 3.63) is 30.2 Å². The lowest BCUT2D eigenvalue weighted by Gasteiger charge is -2.27. The highest BCUT2D eigenvalue weighted by Gasteiger charge is 2.32. The summed E-state index contributed by atoms with van der Waals surface area (Å²) in [6, 6.07) is 0.715. The minimum Gasteiger partial charge on any atom is -0.480 e. The first-order chi connectivity index (χ1) is 10.7. The molecule has 2 aromatic rings. The summed E-state index contributed by atoms with van der Waals surface area (Å²) in [7, 11) is 0. The van der Waals surface area contributed by atoms with E-state index < -0.39 is 17.9 Å². The summed E-state index contributed by atoms with van der Waals surface area (Å²) in [6.45, 7) is 0.971. The average molecular weight is 304 g/mol. The molecular weight excluding hydrogens is 288 g/mol. The smallest absolute Gasteiger partial charge is 0.326 e. The Morgan fingerprint density at radius 3 is 3.09 bits per heavy atom. The monoisotopic (exact) mass is 304 g/mol. The van der Waals surface area contributed by atoms with Crippen LogP contribution in [0.2, 0.25) is 0 Å². The molecule has 0 radical (unpaired) electrons. The first kappa shape index (κ1) is 14.5. The van der Waals surface area contributed by atoms with E-state index in [1.165, 1.54) is 10.7 Å². The molecule has 8 heteroatoms. The lowest BCUT2D eigenvalue weighted by atomic mass is 9.93. The van der Waals surface area contributed by atoms with Crippen LogP contribution in [0.15, 0.2) is 24.7 Å². The lowest BCUT2D eigenvalue weighted by Crippen LogP contribution is -2.48. The van der Waals surface area contributed by atoms with Crippen LogP contribution in [0.25, 0.3) is 5.65 Å². The number of carbonyl (C=O) groups is 2. The van der Waals surface area contributed by atoms with Gasteiger partial charge in [0.2, 0.25) is 0 Å². The number of nitrogens with one attached hydrogen (secondary N) is 1. The Morgan fingerprint density at radius 1 is 1.50 bits per heavy atom. The molecule has 22 heavy (non-hydrogen) atoms. The van der Waals surface area contributed by atoms with Crippen LogP contribution in [0.4, 0.5) is 0 Å². The summed E-state index contributed by atoms with van der Waals surface area (Å²) in [5.41, 5.74) is 0.646. The number of ether oxygens (including phenoxy) is 1. The Labute approximate surface area is 126 Å². The van der Waals surface area contributed by atoms with E-state index in [2.05, 4.69) is 15.4 Å². The van der Waals surface area contributed by atoms with Crippen LogP contribution >= 0.6 is 0 Å². The van der Waals surface area contributed by atoms with E-state index >= 15 is 0 Å². The summed E-state index contributed by atoms with van der Waals surface area (Å²) >= 11 is 0. The fourth-order valence-electron chi connectivity index (χ4n) is 2.62. The van der Waals surface area contributed by atoms with Crippen molar-refractivity contribution < 1.29 is 19.4 Å². The molecule has 3 heterocycles. The highest BCUT2D eigenvalue weighted by Crippen LogP contribution is 2.18. The van der Waals surface area contributed by atoms with Crippen molar-refractivity contribution in [1.82, 2.24) is 19.9 Å². The van der Waals surface area contributed by atoms with Gasteiger partial charge >= 0.3 is 5.97 Å². The van der Waals surface area contributed by atoms with Gasteiger partial charge in [-0.05, 0) is 18.9 Å². The van der Waals surface area contributed by atoms with Gasteiger partial charge < -0.3 is 15.2 Å². The SMILES string of the molecule is O=C(NC(C(=O)O)C1CCCOC1)c1cnn2cccnc12. The van der Waals surface area contributed by atoms with Crippen molar-refractivity contribution in [2.75, 3.05) is 13.2 Å². The Balaban J connectivity index is 1.80. The maximum atomic E-state index is 12.4. The molecule has 2 N–H and O–H groups in total. The van der Waals surface area contributed by atoms with Gasteiger partial charge in [-0.25, -0.2) is 14.3 Å². The molecule has 1 amide bonds. The number of nitrogens with zero attached hydrogens (tertiary/aromatic N) is 3. The number of hydrogen-bond donors (Lipinski definition) is 2. The van der Waals surface area contributed by atoms with E-state index in [1.54, 1.807) is 18.5 Å². The van der Waals surface area contributed by atoms with Crippen LogP contribution in [-0.2, 0) is 9.53 Å². The van der Waals surface area contributed by atoms with Gasteiger partial charge in [-0.15, -0.1) is 0 Å². The van der Waals surface area contributed by atoms with Gasteiger partial charge in [-0.2, -0.15) is 5.10 Å². The van der Waals surface area contributed by atoms with E-state index in [-0.39, 0.29) is 11.5 Å². The molecular formula is C14H16N4O4. The molecule has 0 saturated carbocycles. The van der Waals surface area contributed by atoms with E-state index in [9.17, 15) is 14.7 Å². The molecule has 116 valence electrons. The first-order valence-corrected chi connectivity index (χ1v) is 7.06. The minimum absolute atomic E-state index is 0.231. The maximum Gasteiger partial charge on any atom is 0.326 e. The largest absolute Gasteiger partial charge is 0.480 e. The molecule has 0 aromatic carbocycles. The van der Waals surface area contributed by atoms with Crippen molar-refractivity contribution in [3.8, 4) is 0 Å². The van der Waals surface area contributed by atoms with Crippen LogP contribution < -0.4 is 5.32 Å². The second-order valence-electron chi connectivity index (χ2n) is 5.21. The number of carboxylic acid groups (broad SMARTS) is 1. The molecule has 0 bridgehead atoms. The number of hydrogen-bond acceptors (Lipinski definition) is 5. The second-order valence-corrected chi connectivity index (χ2v) is 5.21. The van der Waals surface area contributed by atoms with E-state index in [0.717, 1.165) is 6.42 Å². The highest BCUT2D eigenvalue weighted by atomic mass is 16.5. The van der Waals surface area contributed by atoms with Crippen molar-refractivity contribution in [2.45, 2.75) is 18.9 Å². The van der Waals surface area contributed by atoms with Crippen molar-refractivity contribution in [3.63, 3.8) is 0 Å². The fourth-order valence-corrected chi connectivity index (χ4v) is 2.62. The normalized spacial score (nSPS) is 19.7. The number of carboxylic acids is 1. The van der Waals surface area contributed by atoms with Gasteiger partial charge in [0.1, 0.15) is 11.6 Å². The summed E-state index contributed by atoms with van der Waals surface area (Å²) in [5, 5.41) is 16.0. The summed E-state index contributed by atoms with van der Waals surface area (Å²) in [4.78, 5) is 27.9. The fraction of sp³-hybridized carbons (Fsp3) is 0.429. The Bertz CT molecular complexity index is 693. The summed E-state index contributed by atoms with van der Waals surface area (Å²) in [6.07, 6.45) is 6.11. The minimum atomic E-state index is -1.06. The van der Waals surface area contributed by atoms with Gasteiger partial charge in [0.25, 0.3) is 5.91 Å². The molecule has 0 aliphatic carbocycles. The van der Waals surface area contributed by atoms with Crippen molar-refractivity contribution >= 4 is 17.5 Å². The predicted molar refractivity (Wildman–Crippen MR) is 75.4 cm³/mol. The third-order valence-corrected chi connectivity index (χ3v) is 3.74. The van der Waals surface area contributed by atoms with Gasteiger partial charge in [-0.1, -0.05) is 0 Å². The lowest BCUT2D eigenvalue weighted by molar-refractivity contribution is -0.142. The van der Waals surface area contributed by atoms with Crippen LogP contribution in [-0.4, -0.2) is 50.8 Å². The maximum absolute atomic E-state index is 12.4. The Hall–Kier alpha value is -2.48. The standard InChI is InChI=1S/C14H16N4O4/c19-13(10-7-16-18-5-2-4-15-12(10)18)17-11(14(20)21)9-3-1-6-22-8-9/h2,4-5,7,9,11H,1,3,6,8H2,(H,17,19)(H,20,21). The molecule has 2 atom stereocenters. The van der Waals surface area contributed by atoms with Crippen LogP contribution in [0.3, 0.4) is 0 Å². The van der Waals surface area contributed by atoms with Crippen molar-refractivity contribution in [2.24, 2.45) is 5.92 Å². The quantitative estimate of drug-likeness (QED) is 0.843. The third kappa shape index (κ3) is 2.77. The number of aliphatic carboxylic acids is 1.